The molecule has 0 aliphatic heterocycles. The SMILES string of the molecule is [Pt][c]1ccccc1.c1ccc2[nH]cnc2c1.c1ccc2[nH]cnc2c1. The number of aromatic amines is 2. The van der Waals surface area contributed by atoms with Gasteiger partial charge in [0, 0.05) is 0 Å². The van der Waals surface area contributed by atoms with Gasteiger partial charge >= 0.3 is 54.1 Å². The largest absolute Gasteiger partial charge is 0.345 e. The van der Waals surface area contributed by atoms with Crippen molar-refractivity contribution in [3.8, 4) is 0 Å². The number of hydrogen-bond donors (Lipinski definition) is 2. The Bertz CT molecular complexity index is 895. The zero-order valence-electron chi connectivity index (χ0n) is 13.4. The van der Waals surface area contributed by atoms with Gasteiger partial charge < -0.3 is 9.97 Å². The molecule has 0 amide bonds. The molecule has 5 heteroatoms. The number of benzene rings is 3. The Morgan fingerprint density at radius 2 is 1.00 bits per heavy atom. The Morgan fingerprint density at radius 3 is 1.40 bits per heavy atom. The first-order valence-electron chi connectivity index (χ1n) is 7.76. The molecule has 0 aliphatic carbocycles. The van der Waals surface area contributed by atoms with Crippen molar-refractivity contribution >= 4 is 26.0 Å². The normalized spacial score (nSPS) is 9.84. The summed E-state index contributed by atoms with van der Waals surface area (Å²) in [5.41, 5.74) is 4.24. The van der Waals surface area contributed by atoms with Crippen LogP contribution < -0.4 is 3.95 Å². The number of rotatable bonds is 0. The van der Waals surface area contributed by atoms with Crippen molar-refractivity contribution in [3.05, 3.63) is 91.5 Å². The van der Waals surface area contributed by atoms with Crippen molar-refractivity contribution in [3.63, 3.8) is 0 Å². The second kappa shape index (κ2) is 8.95. The molecule has 0 fully saturated rings. The van der Waals surface area contributed by atoms with Gasteiger partial charge in [-0.05, 0) is 24.3 Å². The van der Waals surface area contributed by atoms with E-state index < -0.39 is 0 Å². The van der Waals surface area contributed by atoms with Crippen LogP contribution in [0.15, 0.2) is 91.5 Å². The van der Waals surface area contributed by atoms with Gasteiger partial charge in [-0.15, -0.1) is 0 Å². The second-order valence-electron chi connectivity index (χ2n) is 5.10. The Labute approximate surface area is 157 Å². The van der Waals surface area contributed by atoms with Crippen LogP contribution in [0, 0.1) is 0 Å². The number of imidazole rings is 2. The first-order valence-corrected chi connectivity index (χ1v) is 8.90. The van der Waals surface area contributed by atoms with E-state index in [1.165, 1.54) is 3.95 Å². The van der Waals surface area contributed by atoms with Crippen LogP contribution in [0.3, 0.4) is 0 Å². The number of aromatic nitrogens is 4. The summed E-state index contributed by atoms with van der Waals surface area (Å²) in [6.07, 6.45) is 3.40. The van der Waals surface area contributed by atoms with Gasteiger partial charge in [0.25, 0.3) is 0 Å². The molecule has 2 aromatic heterocycles. The zero-order chi connectivity index (χ0) is 17.3. The van der Waals surface area contributed by atoms with Crippen molar-refractivity contribution in [1.29, 1.82) is 0 Å². The standard InChI is InChI=1S/2C7H6N2.C6H5.Pt/c2*1-2-4-7-6(3-1)8-5-9-7;1-2-4-6-5-3-1;/h2*1-5H,(H,8,9);1-5H;. The van der Waals surface area contributed by atoms with E-state index in [2.05, 4.69) is 51.9 Å². The summed E-state index contributed by atoms with van der Waals surface area (Å²) in [6, 6.07) is 26.1. The van der Waals surface area contributed by atoms with Gasteiger partial charge in [0.15, 0.2) is 0 Å². The van der Waals surface area contributed by atoms with Crippen molar-refractivity contribution < 1.29 is 19.8 Å². The van der Waals surface area contributed by atoms with E-state index in [0.717, 1.165) is 22.1 Å². The maximum atomic E-state index is 4.06. The molecule has 4 nitrogen and oxygen atoms in total. The van der Waals surface area contributed by atoms with Gasteiger partial charge in [0.2, 0.25) is 0 Å². The van der Waals surface area contributed by atoms with Crippen molar-refractivity contribution in [2.75, 3.05) is 0 Å². The van der Waals surface area contributed by atoms with Crippen LogP contribution in [0.4, 0.5) is 0 Å². The number of para-hydroxylation sites is 4. The zero-order valence-corrected chi connectivity index (χ0v) is 15.6. The summed E-state index contributed by atoms with van der Waals surface area (Å²) in [6.45, 7) is 0. The quantitative estimate of drug-likeness (QED) is 0.333. The average molecular weight is 508 g/mol. The summed E-state index contributed by atoms with van der Waals surface area (Å²) in [5.74, 6) is 0. The van der Waals surface area contributed by atoms with Gasteiger partial charge in [-0.3, -0.25) is 0 Å². The summed E-state index contributed by atoms with van der Waals surface area (Å²) >= 11 is 2.27. The number of H-pyrrole nitrogens is 2. The number of nitrogens with one attached hydrogen (secondary N) is 2. The van der Waals surface area contributed by atoms with Crippen LogP contribution >= 0.6 is 0 Å². The molecule has 25 heavy (non-hydrogen) atoms. The number of hydrogen-bond acceptors (Lipinski definition) is 2. The van der Waals surface area contributed by atoms with E-state index in [1.807, 2.05) is 66.7 Å². The maximum Gasteiger partial charge on any atom is 0.0931 e. The van der Waals surface area contributed by atoms with E-state index in [1.54, 1.807) is 12.7 Å². The monoisotopic (exact) mass is 508 g/mol. The minimum Gasteiger partial charge on any atom is -0.345 e. The molecule has 0 spiro atoms. The molecular weight excluding hydrogens is 491 g/mol. The fraction of sp³-hybridized carbons (Fsp3) is 0. The summed E-state index contributed by atoms with van der Waals surface area (Å²) < 4.78 is 1.29. The van der Waals surface area contributed by atoms with Gasteiger partial charge in [0.05, 0.1) is 34.7 Å². The van der Waals surface area contributed by atoms with Crippen LogP contribution in [0.2, 0.25) is 0 Å². The summed E-state index contributed by atoms with van der Waals surface area (Å²) in [7, 11) is 0. The molecule has 0 saturated carbocycles. The third-order valence-corrected chi connectivity index (χ3v) is 4.13. The predicted octanol–water partition coefficient (Wildman–Crippen LogP) is 3.98. The van der Waals surface area contributed by atoms with E-state index >= 15 is 0 Å². The predicted molar refractivity (Wildman–Crippen MR) is 98.3 cm³/mol. The molecule has 2 N–H and O–H groups in total. The Balaban J connectivity index is 0.000000111. The molecule has 0 aliphatic rings. The Kier molecular flexibility index (Phi) is 6.13. The average Bonchev–Trinajstić information content (AvgIpc) is 3.32. The van der Waals surface area contributed by atoms with Gasteiger partial charge in [-0.1, -0.05) is 24.3 Å². The molecule has 0 bridgehead atoms. The molecule has 3 aromatic carbocycles. The van der Waals surface area contributed by atoms with E-state index in [-0.39, 0.29) is 0 Å². The van der Waals surface area contributed by atoms with Crippen LogP contribution in [0.5, 0.6) is 0 Å². The van der Waals surface area contributed by atoms with E-state index in [9.17, 15) is 0 Å². The van der Waals surface area contributed by atoms with Crippen LogP contribution in [0.25, 0.3) is 22.1 Å². The van der Waals surface area contributed by atoms with Crippen molar-refractivity contribution in [2.24, 2.45) is 0 Å². The molecule has 127 valence electrons. The van der Waals surface area contributed by atoms with Crippen LogP contribution in [-0.4, -0.2) is 19.9 Å². The van der Waals surface area contributed by atoms with Crippen molar-refractivity contribution in [2.45, 2.75) is 0 Å². The molecule has 5 rings (SSSR count). The first-order chi connectivity index (χ1) is 12.3. The molecule has 0 atom stereocenters. The summed E-state index contributed by atoms with van der Waals surface area (Å²) in [4.78, 5) is 14.1. The smallest absolute Gasteiger partial charge is 0.0931 e. The summed E-state index contributed by atoms with van der Waals surface area (Å²) in [5, 5.41) is 0. The molecular formula is C20H17N4Pt. The molecule has 0 unspecified atom stereocenters. The Hall–Kier alpha value is -2.71. The number of fused-ring (bicyclic) bond motifs is 2. The maximum absolute atomic E-state index is 4.06. The molecule has 0 saturated heterocycles. The van der Waals surface area contributed by atoms with E-state index in [0.29, 0.717) is 0 Å². The topological polar surface area (TPSA) is 57.4 Å². The fourth-order valence-electron chi connectivity index (χ4n) is 2.16. The first kappa shape index (κ1) is 17.1. The van der Waals surface area contributed by atoms with Gasteiger partial charge in [-0.25, -0.2) is 9.97 Å². The fourth-order valence-corrected chi connectivity index (χ4v) is 2.60. The molecule has 0 radical (unpaired) electrons. The van der Waals surface area contributed by atoms with Crippen LogP contribution in [0.1, 0.15) is 0 Å². The minimum atomic E-state index is 1.03. The van der Waals surface area contributed by atoms with E-state index in [4.69, 9.17) is 0 Å². The molecule has 2 heterocycles. The van der Waals surface area contributed by atoms with Gasteiger partial charge in [-0.2, -0.15) is 0 Å². The molecule has 5 aromatic rings. The van der Waals surface area contributed by atoms with Gasteiger partial charge in [0.1, 0.15) is 0 Å². The third kappa shape index (κ3) is 5.13. The van der Waals surface area contributed by atoms with Crippen LogP contribution in [-0.2, 0) is 19.8 Å². The van der Waals surface area contributed by atoms with Crippen molar-refractivity contribution in [1.82, 2.24) is 19.9 Å². The minimum absolute atomic E-state index is 1.03. The number of nitrogens with zero attached hydrogens (tertiary/aromatic N) is 2. The third-order valence-electron chi connectivity index (χ3n) is 3.37. The second-order valence-corrected chi connectivity index (χ2v) is 6.41. The Morgan fingerprint density at radius 1 is 0.560 bits per heavy atom.